The molecule has 1 aromatic heterocycles. The second kappa shape index (κ2) is 7.25. The number of nitrogens with zero attached hydrogens (tertiary/aromatic N) is 2. The molecule has 0 atom stereocenters. The van der Waals surface area contributed by atoms with Gasteiger partial charge in [-0.05, 0) is 23.7 Å². The molecule has 2 rings (SSSR count). The Morgan fingerprint density at radius 3 is 2.95 bits per heavy atom. The maximum atomic E-state index is 11.8. The lowest BCUT2D eigenvalue weighted by atomic mass is 10.2. The molecule has 0 radical (unpaired) electrons. The van der Waals surface area contributed by atoms with E-state index in [1.165, 1.54) is 11.5 Å². The minimum absolute atomic E-state index is 0.0457. The van der Waals surface area contributed by atoms with Crippen LogP contribution < -0.4 is 11.1 Å². The number of benzene rings is 1. The van der Waals surface area contributed by atoms with Crippen LogP contribution in [0.2, 0.25) is 0 Å². The van der Waals surface area contributed by atoms with Crippen LogP contribution >= 0.6 is 23.3 Å². The highest BCUT2D eigenvalue weighted by molar-refractivity contribution is 8.00. The molecule has 0 bridgehead atoms. The normalized spacial score (nSPS) is 10.4. The molecule has 1 heterocycles. The van der Waals surface area contributed by atoms with Gasteiger partial charge in [-0.15, -0.1) is 0 Å². The lowest BCUT2D eigenvalue weighted by Crippen LogP contribution is -2.13. The Labute approximate surface area is 126 Å². The van der Waals surface area contributed by atoms with Crippen molar-refractivity contribution in [3.63, 3.8) is 0 Å². The van der Waals surface area contributed by atoms with Gasteiger partial charge in [0.25, 0.3) is 0 Å². The van der Waals surface area contributed by atoms with Crippen LogP contribution in [0.4, 0.5) is 11.4 Å². The summed E-state index contributed by atoms with van der Waals surface area (Å²) in [7, 11) is 0. The second-order valence-corrected chi connectivity index (χ2v) is 6.16. The molecule has 0 spiro atoms. The zero-order valence-electron chi connectivity index (χ0n) is 11.1. The summed E-state index contributed by atoms with van der Waals surface area (Å²) in [6.45, 7) is 2.02. The van der Waals surface area contributed by atoms with Crippen molar-refractivity contribution in [1.82, 2.24) is 9.36 Å². The number of anilines is 2. The number of thioether (sulfide) groups is 1. The summed E-state index contributed by atoms with van der Waals surface area (Å²) in [5.74, 6) is 1.49. The van der Waals surface area contributed by atoms with Gasteiger partial charge in [0, 0.05) is 18.6 Å². The highest BCUT2D eigenvalue weighted by atomic mass is 32.2. The molecule has 0 fully saturated rings. The number of nitrogens with one attached hydrogen (secondary N) is 1. The Hall–Kier alpha value is -1.60. The first-order chi connectivity index (χ1) is 9.69. The largest absolute Gasteiger partial charge is 0.397 e. The number of nitrogens with two attached hydrogens (primary N) is 1. The fourth-order valence-corrected chi connectivity index (χ4v) is 3.20. The van der Waals surface area contributed by atoms with Gasteiger partial charge in [-0.25, -0.2) is 4.98 Å². The minimum Gasteiger partial charge on any atom is -0.397 e. The monoisotopic (exact) mass is 308 g/mol. The predicted octanol–water partition coefficient (Wildman–Crippen LogP) is 2.80. The number of para-hydroxylation sites is 2. The Bertz CT molecular complexity index is 585. The summed E-state index contributed by atoms with van der Waals surface area (Å²) in [5.41, 5.74) is 7.00. The summed E-state index contributed by atoms with van der Waals surface area (Å²) >= 11 is 2.93. The number of amides is 1. The molecule has 5 nitrogen and oxygen atoms in total. The van der Waals surface area contributed by atoms with E-state index >= 15 is 0 Å². The topological polar surface area (TPSA) is 80.9 Å². The molecule has 0 aliphatic rings. The second-order valence-electron chi connectivity index (χ2n) is 4.06. The van der Waals surface area contributed by atoms with Gasteiger partial charge in [0.1, 0.15) is 5.82 Å². The minimum atomic E-state index is -0.0457. The summed E-state index contributed by atoms with van der Waals surface area (Å²) in [4.78, 5) is 16.1. The first kappa shape index (κ1) is 14.8. The van der Waals surface area contributed by atoms with Gasteiger partial charge in [0.05, 0.1) is 11.4 Å². The van der Waals surface area contributed by atoms with Crippen LogP contribution in [-0.2, 0) is 11.2 Å². The molecule has 3 N–H and O–H groups in total. The number of aryl methyl sites for hydroxylation is 1. The maximum absolute atomic E-state index is 11.8. The molecule has 1 aromatic carbocycles. The molecule has 0 aliphatic carbocycles. The van der Waals surface area contributed by atoms with Crippen molar-refractivity contribution in [3.8, 4) is 0 Å². The van der Waals surface area contributed by atoms with Gasteiger partial charge in [-0.1, -0.05) is 30.8 Å². The molecule has 20 heavy (non-hydrogen) atoms. The molecule has 0 saturated carbocycles. The Kier molecular flexibility index (Phi) is 5.37. The number of nitrogen functional groups attached to an aromatic ring is 1. The Balaban J connectivity index is 1.77. The van der Waals surface area contributed by atoms with Crippen LogP contribution in [0.1, 0.15) is 19.2 Å². The van der Waals surface area contributed by atoms with Gasteiger partial charge in [0.2, 0.25) is 5.91 Å². The number of carbonyl (C=O) groups is 1. The van der Waals surface area contributed by atoms with Gasteiger partial charge in [-0.3, -0.25) is 4.79 Å². The van der Waals surface area contributed by atoms with Crippen LogP contribution in [0.3, 0.4) is 0 Å². The molecule has 0 unspecified atom stereocenters. The van der Waals surface area contributed by atoms with E-state index in [1.54, 1.807) is 23.9 Å². The smallest absolute Gasteiger partial charge is 0.225 e. The van der Waals surface area contributed by atoms with Crippen LogP contribution in [0.5, 0.6) is 0 Å². The third-order valence-corrected chi connectivity index (χ3v) is 4.43. The zero-order chi connectivity index (χ0) is 14.4. The van der Waals surface area contributed by atoms with Crippen molar-refractivity contribution < 1.29 is 4.79 Å². The van der Waals surface area contributed by atoms with Crippen molar-refractivity contribution in [1.29, 1.82) is 0 Å². The van der Waals surface area contributed by atoms with E-state index in [2.05, 4.69) is 14.7 Å². The SMILES string of the molecule is CCc1nsc(SCCC(=O)Nc2ccccc2N)n1. The first-order valence-corrected chi connectivity index (χ1v) is 8.04. The van der Waals surface area contributed by atoms with Gasteiger partial charge in [-0.2, -0.15) is 4.37 Å². The van der Waals surface area contributed by atoms with E-state index in [0.29, 0.717) is 23.5 Å². The third-order valence-electron chi connectivity index (χ3n) is 2.56. The van der Waals surface area contributed by atoms with E-state index in [1.807, 2.05) is 19.1 Å². The quantitative estimate of drug-likeness (QED) is 0.633. The number of aromatic nitrogens is 2. The van der Waals surface area contributed by atoms with Crippen LogP contribution in [0, 0.1) is 0 Å². The van der Waals surface area contributed by atoms with E-state index < -0.39 is 0 Å². The molecule has 1 amide bonds. The molecule has 0 saturated heterocycles. The van der Waals surface area contributed by atoms with Gasteiger partial charge < -0.3 is 11.1 Å². The van der Waals surface area contributed by atoms with E-state index in [4.69, 9.17) is 5.73 Å². The highest BCUT2D eigenvalue weighted by Crippen LogP contribution is 2.22. The lowest BCUT2D eigenvalue weighted by Gasteiger charge is -2.07. The van der Waals surface area contributed by atoms with Crippen LogP contribution in [0.15, 0.2) is 28.6 Å². The van der Waals surface area contributed by atoms with Crippen LogP contribution in [-0.4, -0.2) is 21.0 Å². The number of rotatable bonds is 6. The Morgan fingerprint density at radius 1 is 1.45 bits per heavy atom. The number of hydrogen-bond donors (Lipinski definition) is 2. The van der Waals surface area contributed by atoms with Crippen molar-refractivity contribution in [2.24, 2.45) is 0 Å². The molecular weight excluding hydrogens is 292 g/mol. The van der Waals surface area contributed by atoms with E-state index in [0.717, 1.165) is 16.6 Å². The third kappa shape index (κ3) is 4.21. The molecule has 2 aromatic rings. The summed E-state index contributed by atoms with van der Waals surface area (Å²) in [6.07, 6.45) is 1.25. The van der Waals surface area contributed by atoms with Crippen molar-refractivity contribution in [2.45, 2.75) is 24.1 Å². The maximum Gasteiger partial charge on any atom is 0.225 e. The highest BCUT2D eigenvalue weighted by Gasteiger charge is 2.07. The van der Waals surface area contributed by atoms with E-state index in [9.17, 15) is 4.79 Å². The predicted molar refractivity (Wildman–Crippen MR) is 84.1 cm³/mol. The fourth-order valence-electron chi connectivity index (χ4n) is 1.49. The molecule has 106 valence electrons. The number of carbonyl (C=O) groups excluding carboxylic acids is 1. The molecular formula is C13H16N4OS2. The average Bonchev–Trinajstić information content (AvgIpc) is 2.89. The lowest BCUT2D eigenvalue weighted by molar-refractivity contribution is -0.115. The summed E-state index contributed by atoms with van der Waals surface area (Å²) in [6, 6.07) is 7.23. The Morgan fingerprint density at radius 2 is 2.25 bits per heavy atom. The van der Waals surface area contributed by atoms with Gasteiger partial charge in [0.15, 0.2) is 4.34 Å². The van der Waals surface area contributed by atoms with Crippen LogP contribution in [0.25, 0.3) is 0 Å². The molecule has 7 heteroatoms. The summed E-state index contributed by atoms with van der Waals surface area (Å²) < 4.78 is 5.12. The standard InChI is InChI=1S/C13H16N4OS2/c1-2-11-16-13(20-17-11)19-8-7-12(18)15-10-6-4-3-5-9(10)14/h3-6H,2,7-8,14H2,1H3,(H,15,18). The summed E-state index contributed by atoms with van der Waals surface area (Å²) in [5, 5.41) is 2.80. The fraction of sp³-hybridized carbons (Fsp3) is 0.308. The molecule has 0 aliphatic heterocycles. The number of hydrogen-bond acceptors (Lipinski definition) is 6. The van der Waals surface area contributed by atoms with Gasteiger partial charge >= 0.3 is 0 Å². The zero-order valence-corrected chi connectivity index (χ0v) is 12.8. The first-order valence-electron chi connectivity index (χ1n) is 6.28. The van der Waals surface area contributed by atoms with Crippen molar-refractivity contribution >= 4 is 40.6 Å². The van der Waals surface area contributed by atoms with Crippen molar-refractivity contribution in [2.75, 3.05) is 16.8 Å². The van der Waals surface area contributed by atoms with E-state index in [-0.39, 0.29) is 5.91 Å². The average molecular weight is 308 g/mol. The van der Waals surface area contributed by atoms with Crippen molar-refractivity contribution in [3.05, 3.63) is 30.1 Å².